The van der Waals surface area contributed by atoms with Gasteiger partial charge in [-0.25, -0.2) is 0 Å². The van der Waals surface area contributed by atoms with E-state index in [4.69, 9.17) is 4.74 Å². The van der Waals surface area contributed by atoms with Gasteiger partial charge in [-0.15, -0.1) is 0 Å². The number of carbonyl (C=O) groups excluding carboxylic acids is 1. The second-order valence-corrected chi connectivity index (χ2v) is 6.83. The first-order valence-electron chi connectivity index (χ1n) is 9.30. The molecule has 1 N–H and O–H groups in total. The molecule has 3 aromatic carbocycles. The summed E-state index contributed by atoms with van der Waals surface area (Å²) in [5.41, 5.74) is 5.70. The van der Waals surface area contributed by atoms with Crippen LogP contribution in [0.2, 0.25) is 0 Å². The van der Waals surface area contributed by atoms with E-state index in [2.05, 4.69) is 24.3 Å². The highest BCUT2D eigenvalue weighted by atomic mass is 16.5. The molecule has 0 aromatic heterocycles. The van der Waals surface area contributed by atoms with Crippen LogP contribution in [0.15, 0.2) is 78.9 Å². The van der Waals surface area contributed by atoms with Gasteiger partial charge in [-0.3, -0.25) is 4.79 Å². The minimum Gasteiger partial charge on any atom is -0.464 e. The maximum Gasteiger partial charge on any atom is 0.313 e. The van der Waals surface area contributed by atoms with Crippen LogP contribution in [0.25, 0.3) is 11.1 Å². The van der Waals surface area contributed by atoms with Crippen molar-refractivity contribution in [1.82, 2.24) is 0 Å². The number of carbonyl (C=O) groups is 1. The van der Waals surface area contributed by atoms with Gasteiger partial charge in [0, 0.05) is 12.5 Å². The van der Waals surface area contributed by atoms with Crippen LogP contribution < -0.4 is 0 Å². The Morgan fingerprint density at radius 3 is 2.00 bits per heavy atom. The minimum absolute atomic E-state index is 0.0481. The molecule has 1 aliphatic carbocycles. The molecule has 0 spiro atoms. The molecule has 27 heavy (non-hydrogen) atoms. The zero-order chi connectivity index (χ0) is 18.6. The Hall–Kier alpha value is -2.91. The molecule has 1 atom stereocenters. The predicted molar refractivity (Wildman–Crippen MR) is 106 cm³/mol. The molecule has 4 rings (SSSR count). The van der Waals surface area contributed by atoms with Crippen LogP contribution in [0, 0.1) is 0 Å². The largest absolute Gasteiger partial charge is 0.464 e. The van der Waals surface area contributed by atoms with Gasteiger partial charge in [-0.2, -0.15) is 0 Å². The van der Waals surface area contributed by atoms with E-state index in [9.17, 15) is 9.90 Å². The lowest BCUT2D eigenvalue weighted by Crippen LogP contribution is -2.20. The zero-order valence-electron chi connectivity index (χ0n) is 15.0. The molecule has 1 aliphatic rings. The highest BCUT2D eigenvalue weighted by molar-refractivity contribution is 5.80. The molecule has 0 aliphatic heterocycles. The van der Waals surface area contributed by atoms with Gasteiger partial charge < -0.3 is 9.84 Å². The second kappa shape index (κ2) is 7.77. The first-order chi connectivity index (χ1) is 13.3. The molecule has 0 amide bonds. The maximum absolute atomic E-state index is 12.8. The number of esters is 1. The van der Waals surface area contributed by atoms with Crippen molar-refractivity contribution in [1.29, 1.82) is 0 Å². The number of aliphatic hydroxyl groups is 1. The molecule has 0 heterocycles. The van der Waals surface area contributed by atoms with E-state index < -0.39 is 5.92 Å². The number of ether oxygens (including phenoxy) is 1. The number of benzene rings is 3. The van der Waals surface area contributed by atoms with Crippen LogP contribution in [-0.4, -0.2) is 24.3 Å². The number of hydrogen-bond acceptors (Lipinski definition) is 3. The van der Waals surface area contributed by atoms with Crippen molar-refractivity contribution in [2.24, 2.45) is 0 Å². The highest BCUT2D eigenvalue weighted by Crippen LogP contribution is 2.44. The van der Waals surface area contributed by atoms with Crippen molar-refractivity contribution >= 4 is 5.97 Å². The summed E-state index contributed by atoms with van der Waals surface area (Å²) in [7, 11) is 0. The van der Waals surface area contributed by atoms with Crippen LogP contribution in [0.4, 0.5) is 0 Å². The Labute approximate surface area is 159 Å². The fourth-order valence-electron chi connectivity index (χ4n) is 3.94. The van der Waals surface area contributed by atoms with Gasteiger partial charge in [-0.1, -0.05) is 78.9 Å². The third-order valence-electron chi connectivity index (χ3n) is 5.26. The lowest BCUT2D eigenvalue weighted by molar-refractivity contribution is -0.146. The summed E-state index contributed by atoms with van der Waals surface area (Å²) in [4.78, 5) is 12.8. The van der Waals surface area contributed by atoms with Gasteiger partial charge in [0.2, 0.25) is 0 Å². The van der Waals surface area contributed by atoms with Gasteiger partial charge in [0.25, 0.3) is 0 Å². The summed E-state index contributed by atoms with van der Waals surface area (Å²) in [5, 5.41) is 9.38. The van der Waals surface area contributed by atoms with Gasteiger partial charge in [-0.05, 0) is 34.2 Å². The van der Waals surface area contributed by atoms with Crippen LogP contribution in [0.1, 0.15) is 34.9 Å². The lowest BCUT2D eigenvalue weighted by Gasteiger charge is -2.18. The third kappa shape index (κ3) is 3.38. The van der Waals surface area contributed by atoms with E-state index in [0.29, 0.717) is 13.0 Å². The quantitative estimate of drug-likeness (QED) is 0.660. The van der Waals surface area contributed by atoms with Gasteiger partial charge >= 0.3 is 5.97 Å². The fourth-order valence-corrected chi connectivity index (χ4v) is 3.94. The Morgan fingerprint density at radius 2 is 1.41 bits per heavy atom. The monoisotopic (exact) mass is 358 g/mol. The first kappa shape index (κ1) is 17.5. The topological polar surface area (TPSA) is 46.5 Å². The summed E-state index contributed by atoms with van der Waals surface area (Å²) in [6.45, 7) is 0.255. The van der Waals surface area contributed by atoms with E-state index in [1.807, 2.05) is 54.6 Å². The summed E-state index contributed by atoms with van der Waals surface area (Å²) in [5.74, 6) is -0.674. The smallest absolute Gasteiger partial charge is 0.313 e. The number of hydrogen-bond donors (Lipinski definition) is 1. The van der Waals surface area contributed by atoms with Crippen molar-refractivity contribution in [3.63, 3.8) is 0 Å². The Morgan fingerprint density at radius 1 is 0.852 bits per heavy atom. The number of aliphatic hydroxyl groups excluding tert-OH is 1. The molecule has 0 bridgehead atoms. The highest BCUT2D eigenvalue weighted by Gasteiger charge is 2.30. The van der Waals surface area contributed by atoms with Crippen LogP contribution in [0.5, 0.6) is 0 Å². The average molecular weight is 358 g/mol. The van der Waals surface area contributed by atoms with Gasteiger partial charge in [0.05, 0.1) is 5.92 Å². The van der Waals surface area contributed by atoms with Crippen molar-refractivity contribution in [3.05, 3.63) is 95.6 Å². The third-order valence-corrected chi connectivity index (χ3v) is 5.26. The molecule has 3 aromatic rings. The summed E-state index contributed by atoms with van der Waals surface area (Å²) in [6.07, 6.45) is 0.362. The van der Waals surface area contributed by atoms with E-state index in [0.717, 1.165) is 5.56 Å². The second-order valence-electron chi connectivity index (χ2n) is 6.83. The molecule has 0 saturated heterocycles. The molecule has 0 radical (unpaired) electrons. The SMILES string of the molecule is O=C(OCC1c2ccccc2-c2ccccc21)[C@@H](CCO)c1ccccc1. The molecule has 3 nitrogen and oxygen atoms in total. The first-order valence-corrected chi connectivity index (χ1v) is 9.30. The summed E-state index contributed by atoms with van der Waals surface area (Å²) < 4.78 is 5.76. The Kier molecular flexibility index (Phi) is 5.03. The standard InChI is InChI=1S/C24H22O3/c25-15-14-18(17-8-2-1-3-9-17)24(26)27-16-23-21-12-6-4-10-19(21)20-11-5-7-13-22(20)23/h1-13,18,23,25H,14-16H2/t18-/m0/s1. The van der Waals surface area contributed by atoms with Crippen molar-refractivity contribution in [3.8, 4) is 11.1 Å². The molecule has 3 heteroatoms. The molecule has 0 saturated carbocycles. The van der Waals surface area contributed by atoms with E-state index >= 15 is 0 Å². The maximum atomic E-state index is 12.8. The fraction of sp³-hybridized carbons (Fsp3) is 0.208. The van der Waals surface area contributed by atoms with Crippen molar-refractivity contribution in [2.75, 3.05) is 13.2 Å². The average Bonchev–Trinajstić information content (AvgIpc) is 3.05. The van der Waals surface area contributed by atoms with Gasteiger partial charge in [0.15, 0.2) is 0 Å². The minimum atomic E-state index is -0.442. The Bertz CT molecular complexity index is 888. The van der Waals surface area contributed by atoms with Crippen LogP contribution >= 0.6 is 0 Å². The van der Waals surface area contributed by atoms with Crippen LogP contribution in [0.3, 0.4) is 0 Å². The van der Waals surface area contributed by atoms with E-state index in [1.165, 1.54) is 22.3 Å². The molecular formula is C24H22O3. The van der Waals surface area contributed by atoms with E-state index in [1.54, 1.807) is 0 Å². The molecule has 136 valence electrons. The Balaban J connectivity index is 1.55. The predicted octanol–water partition coefficient (Wildman–Crippen LogP) is 4.51. The van der Waals surface area contributed by atoms with Crippen molar-refractivity contribution < 1.29 is 14.6 Å². The van der Waals surface area contributed by atoms with Crippen molar-refractivity contribution in [2.45, 2.75) is 18.3 Å². The summed E-state index contributed by atoms with van der Waals surface area (Å²) >= 11 is 0. The number of rotatable bonds is 6. The zero-order valence-corrected chi connectivity index (χ0v) is 15.0. The molecule has 0 unspecified atom stereocenters. The lowest BCUT2D eigenvalue weighted by atomic mass is 9.95. The van der Waals surface area contributed by atoms with E-state index in [-0.39, 0.29) is 18.5 Å². The molecular weight excluding hydrogens is 336 g/mol. The number of fused-ring (bicyclic) bond motifs is 3. The van der Waals surface area contributed by atoms with Crippen LogP contribution in [-0.2, 0) is 9.53 Å². The molecule has 0 fully saturated rings. The van der Waals surface area contributed by atoms with Gasteiger partial charge in [0.1, 0.15) is 6.61 Å². The summed E-state index contributed by atoms with van der Waals surface area (Å²) in [6, 6.07) is 26.1. The normalized spacial score (nSPS) is 13.7.